The third kappa shape index (κ3) is 7.69. The van der Waals surface area contributed by atoms with Gasteiger partial charge in [0.05, 0.1) is 16.6 Å². The molecule has 0 aliphatic rings. The summed E-state index contributed by atoms with van der Waals surface area (Å²) in [4.78, 5) is 17.1. The quantitative estimate of drug-likeness (QED) is 0.251. The van der Waals surface area contributed by atoms with Crippen LogP contribution in [0.2, 0.25) is 0 Å². The third-order valence-electron chi connectivity index (χ3n) is 6.20. The van der Waals surface area contributed by atoms with E-state index < -0.39 is 5.82 Å². The van der Waals surface area contributed by atoms with Crippen molar-refractivity contribution in [3.05, 3.63) is 65.7 Å². The summed E-state index contributed by atoms with van der Waals surface area (Å²) in [6.45, 7) is 3.73. The van der Waals surface area contributed by atoms with E-state index in [0.29, 0.717) is 6.54 Å². The first-order valence-electron chi connectivity index (χ1n) is 12.7. The summed E-state index contributed by atoms with van der Waals surface area (Å²) in [5.74, 6) is 0.213. The molecule has 0 saturated heterocycles. The van der Waals surface area contributed by atoms with E-state index in [1.54, 1.807) is 12.1 Å². The van der Waals surface area contributed by atoms with Crippen LogP contribution in [0.4, 0.5) is 4.39 Å². The second-order valence-electron chi connectivity index (χ2n) is 8.84. The predicted molar refractivity (Wildman–Crippen MR) is 134 cm³/mol. The maximum Gasteiger partial charge on any atom is 0.254 e. The topological polar surface area (TPSA) is 46.9 Å². The summed E-state index contributed by atoms with van der Waals surface area (Å²) < 4.78 is 16.1. The van der Waals surface area contributed by atoms with E-state index in [9.17, 15) is 9.18 Å². The average molecular weight is 452 g/mol. The van der Waals surface area contributed by atoms with Crippen molar-refractivity contribution in [1.82, 2.24) is 14.9 Å². The molecule has 1 aromatic heterocycles. The fraction of sp³-hybridized carbons (Fsp3) is 0.500. The van der Waals surface area contributed by atoms with E-state index in [4.69, 9.17) is 4.98 Å². The third-order valence-corrected chi connectivity index (χ3v) is 6.20. The van der Waals surface area contributed by atoms with Gasteiger partial charge in [0.25, 0.3) is 5.91 Å². The van der Waals surface area contributed by atoms with Crippen molar-refractivity contribution in [3.63, 3.8) is 0 Å². The predicted octanol–water partition coefficient (Wildman–Crippen LogP) is 7.07. The van der Waals surface area contributed by atoms with Crippen molar-refractivity contribution in [2.75, 3.05) is 6.54 Å². The number of aryl methyl sites for hydroxylation is 2. The Labute approximate surface area is 197 Å². The van der Waals surface area contributed by atoms with Gasteiger partial charge in [-0.3, -0.25) is 4.79 Å². The fourth-order valence-electron chi connectivity index (χ4n) is 4.34. The number of para-hydroxylation sites is 2. The Morgan fingerprint density at radius 3 is 2.30 bits per heavy atom. The van der Waals surface area contributed by atoms with Crippen molar-refractivity contribution in [1.29, 1.82) is 0 Å². The number of fused-ring (bicyclic) bond motifs is 1. The molecule has 0 fully saturated rings. The molecule has 0 spiro atoms. The Hall–Kier alpha value is -2.69. The first kappa shape index (κ1) is 24.9. The Morgan fingerprint density at radius 2 is 1.55 bits per heavy atom. The molecule has 5 heteroatoms. The van der Waals surface area contributed by atoms with E-state index in [2.05, 4.69) is 35.0 Å². The van der Waals surface area contributed by atoms with Crippen molar-refractivity contribution in [2.24, 2.45) is 0 Å². The molecule has 1 heterocycles. The molecular weight excluding hydrogens is 413 g/mol. The van der Waals surface area contributed by atoms with Crippen LogP contribution in [0.25, 0.3) is 11.0 Å². The number of hydrogen-bond donors (Lipinski definition) is 1. The molecule has 178 valence electrons. The smallest absolute Gasteiger partial charge is 0.254 e. The molecule has 0 saturated carbocycles. The standard InChI is InChI=1S/C28H38FN3O/c1-2-3-4-5-6-7-8-9-14-22-32-26-19-13-12-18-25(26)31-27(32)20-15-21-30-28(33)23-16-10-11-17-24(23)29/h10-13,16-19H,2-9,14-15,20-22H2,1H3,(H,30,33). The highest BCUT2D eigenvalue weighted by molar-refractivity contribution is 5.94. The van der Waals surface area contributed by atoms with Crippen LogP contribution in [0.15, 0.2) is 48.5 Å². The average Bonchev–Trinajstić information content (AvgIpc) is 3.18. The first-order valence-corrected chi connectivity index (χ1v) is 12.7. The van der Waals surface area contributed by atoms with Gasteiger partial charge in [-0.1, -0.05) is 82.6 Å². The van der Waals surface area contributed by atoms with Gasteiger partial charge in [-0.05, 0) is 37.1 Å². The minimum absolute atomic E-state index is 0.0927. The lowest BCUT2D eigenvalue weighted by molar-refractivity contribution is 0.0949. The number of nitrogens with zero attached hydrogens (tertiary/aromatic N) is 2. The lowest BCUT2D eigenvalue weighted by Gasteiger charge is -2.10. The molecule has 0 bridgehead atoms. The number of carbonyl (C=O) groups is 1. The first-order chi connectivity index (χ1) is 16.2. The van der Waals surface area contributed by atoms with Gasteiger partial charge in [-0.15, -0.1) is 0 Å². The highest BCUT2D eigenvalue weighted by Crippen LogP contribution is 2.19. The van der Waals surface area contributed by atoms with E-state index >= 15 is 0 Å². The van der Waals surface area contributed by atoms with Gasteiger partial charge in [0, 0.05) is 19.5 Å². The molecule has 4 nitrogen and oxygen atoms in total. The van der Waals surface area contributed by atoms with Crippen LogP contribution in [0, 0.1) is 5.82 Å². The minimum Gasteiger partial charge on any atom is -0.352 e. The van der Waals surface area contributed by atoms with Gasteiger partial charge in [0.15, 0.2) is 0 Å². The van der Waals surface area contributed by atoms with Crippen LogP contribution in [-0.4, -0.2) is 22.0 Å². The van der Waals surface area contributed by atoms with E-state index in [1.165, 1.54) is 69.0 Å². The minimum atomic E-state index is -0.488. The molecule has 33 heavy (non-hydrogen) atoms. The zero-order chi connectivity index (χ0) is 23.3. The zero-order valence-corrected chi connectivity index (χ0v) is 20.0. The fourth-order valence-corrected chi connectivity index (χ4v) is 4.34. The summed E-state index contributed by atoms with van der Waals surface area (Å²) in [5.41, 5.74) is 2.30. The molecule has 0 radical (unpaired) electrons. The van der Waals surface area contributed by atoms with Gasteiger partial charge in [-0.25, -0.2) is 9.37 Å². The normalized spacial score (nSPS) is 11.2. The molecule has 0 aliphatic carbocycles. The number of aromatic nitrogens is 2. The van der Waals surface area contributed by atoms with Crippen molar-refractivity contribution in [3.8, 4) is 0 Å². The molecule has 3 aromatic rings. The molecule has 1 N–H and O–H groups in total. The number of carbonyl (C=O) groups excluding carboxylic acids is 1. The van der Waals surface area contributed by atoms with Crippen LogP contribution < -0.4 is 5.32 Å². The summed E-state index contributed by atoms with van der Waals surface area (Å²) in [7, 11) is 0. The number of unbranched alkanes of at least 4 members (excludes halogenated alkanes) is 8. The van der Waals surface area contributed by atoms with E-state index in [0.717, 1.165) is 37.1 Å². The second kappa shape index (κ2) is 13.8. The van der Waals surface area contributed by atoms with E-state index in [-0.39, 0.29) is 11.5 Å². The molecule has 3 rings (SSSR count). The lowest BCUT2D eigenvalue weighted by Crippen LogP contribution is -2.25. The SMILES string of the molecule is CCCCCCCCCCCn1c(CCCNC(=O)c2ccccc2F)nc2ccccc21. The Balaban J connectivity index is 1.46. The van der Waals surface area contributed by atoms with Crippen LogP contribution >= 0.6 is 0 Å². The largest absolute Gasteiger partial charge is 0.352 e. The van der Waals surface area contributed by atoms with Gasteiger partial charge in [-0.2, -0.15) is 0 Å². The Morgan fingerprint density at radius 1 is 0.879 bits per heavy atom. The Kier molecular flexibility index (Phi) is 10.4. The number of benzene rings is 2. The maximum atomic E-state index is 13.8. The number of imidazole rings is 1. The van der Waals surface area contributed by atoms with Crippen LogP contribution in [0.1, 0.15) is 87.3 Å². The summed E-state index contributed by atoms with van der Waals surface area (Å²) in [6.07, 6.45) is 13.4. The molecular formula is C28H38FN3O. The molecule has 2 aromatic carbocycles. The lowest BCUT2D eigenvalue weighted by atomic mass is 10.1. The highest BCUT2D eigenvalue weighted by atomic mass is 19.1. The maximum absolute atomic E-state index is 13.8. The van der Waals surface area contributed by atoms with Gasteiger partial charge < -0.3 is 9.88 Å². The summed E-state index contributed by atoms with van der Waals surface area (Å²) >= 11 is 0. The highest BCUT2D eigenvalue weighted by Gasteiger charge is 2.12. The van der Waals surface area contributed by atoms with Crippen LogP contribution in [0.3, 0.4) is 0 Å². The van der Waals surface area contributed by atoms with Gasteiger partial charge in [0.1, 0.15) is 11.6 Å². The number of rotatable bonds is 15. The molecule has 1 amide bonds. The Bertz CT molecular complexity index is 998. The summed E-state index contributed by atoms with van der Waals surface area (Å²) in [5, 5.41) is 2.83. The van der Waals surface area contributed by atoms with E-state index in [1.807, 2.05) is 6.07 Å². The molecule has 0 atom stereocenters. The van der Waals surface area contributed by atoms with Crippen molar-refractivity contribution < 1.29 is 9.18 Å². The number of amides is 1. The van der Waals surface area contributed by atoms with Crippen LogP contribution in [0.5, 0.6) is 0 Å². The summed E-state index contributed by atoms with van der Waals surface area (Å²) in [6, 6.07) is 14.4. The van der Waals surface area contributed by atoms with Gasteiger partial charge in [0.2, 0.25) is 0 Å². The van der Waals surface area contributed by atoms with Gasteiger partial charge >= 0.3 is 0 Å². The number of nitrogens with one attached hydrogen (secondary N) is 1. The monoisotopic (exact) mass is 451 g/mol. The van der Waals surface area contributed by atoms with Crippen LogP contribution in [-0.2, 0) is 13.0 Å². The number of hydrogen-bond acceptors (Lipinski definition) is 2. The van der Waals surface area contributed by atoms with Crippen molar-refractivity contribution in [2.45, 2.75) is 84.1 Å². The van der Waals surface area contributed by atoms with Crippen molar-refractivity contribution >= 4 is 16.9 Å². The second-order valence-corrected chi connectivity index (χ2v) is 8.84. The zero-order valence-electron chi connectivity index (χ0n) is 20.0. The number of halogens is 1. The molecule has 0 aliphatic heterocycles. The molecule has 0 unspecified atom stereocenters.